The van der Waals surface area contributed by atoms with E-state index in [0.717, 1.165) is 18.2 Å². The number of sulfonamides is 1. The molecule has 0 heterocycles. The monoisotopic (exact) mass is 264 g/mol. The zero-order chi connectivity index (χ0) is 13.2. The van der Waals surface area contributed by atoms with Crippen LogP contribution < -0.4 is 10.5 Å². The maximum atomic E-state index is 13.2. The summed E-state index contributed by atoms with van der Waals surface area (Å²) in [5.41, 5.74) is 4.86. The quantitative estimate of drug-likeness (QED) is 0.809. The second-order valence-electron chi connectivity index (χ2n) is 3.30. The molecule has 0 saturated carbocycles. The summed E-state index contributed by atoms with van der Waals surface area (Å²) in [5.74, 6) is -3.72. The van der Waals surface area contributed by atoms with Crippen LogP contribution in [0, 0.1) is 11.6 Å². The molecule has 0 fully saturated rings. The minimum atomic E-state index is -4.32. The van der Waals surface area contributed by atoms with E-state index in [-0.39, 0.29) is 0 Å². The van der Waals surface area contributed by atoms with Crippen molar-refractivity contribution in [2.75, 3.05) is 0 Å². The summed E-state index contributed by atoms with van der Waals surface area (Å²) in [5, 5.41) is 0. The average molecular weight is 264 g/mol. The zero-order valence-corrected chi connectivity index (χ0v) is 9.59. The highest BCUT2D eigenvalue weighted by Gasteiger charge is 2.24. The molecule has 17 heavy (non-hydrogen) atoms. The molecule has 94 valence electrons. The van der Waals surface area contributed by atoms with Gasteiger partial charge in [-0.3, -0.25) is 4.79 Å². The number of nitrogens with one attached hydrogen (secondary N) is 1. The number of amides is 1. The summed E-state index contributed by atoms with van der Waals surface area (Å²) < 4.78 is 51.1. The Morgan fingerprint density at radius 2 is 2.00 bits per heavy atom. The van der Waals surface area contributed by atoms with Gasteiger partial charge in [0.2, 0.25) is 15.9 Å². The second kappa shape index (κ2) is 4.76. The van der Waals surface area contributed by atoms with Gasteiger partial charge in [-0.05, 0) is 19.1 Å². The van der Waals surface area contributed by atoms with Gasteiger partial charge in [0.15, 0.2) is 11.6 Å². The molecule has 8 heteroatoms. The third-order valence-electron chi connectivity index (χ3n) is 1.96. The van der Waals surface area contributed by atoms with Crippen LogP contribution in [-0.4, -0.2) is 20.4 Å². The summed E-state index contributed by atoms with van der Waals surface area (Å²) in [4.78, 5) is 9.82. The molecule has 3 N–H and O–H groups in total. The molecule has 0 saturated heterocycles. The number of hydrogen-bond acceptors (Lipinski definition) is 3. The largest absolute Gasteiger partial charge is 0.368 e. The van der Waals surface area contributed by atoms with Gasteiger partial charge < -0.3 is 5.73 Å². The lowest BCUT2D eigenvalue weighted by atomic mass is 10.3. The predicted octanol–water partition coefficient (Wildman–Crippen LogP) is 0.117. The molecule has 1 aromatic carbocycles. The van der Waals surface area contributed by atoms with Gasteiger partial charge in [-0.15, -0.1) is 0 Å². The number of hydrogen-bond donors (Lipinski definition) is 2. The fraction of sp³-hybridized carbons (Fsp3) is 0.222. The number of rotatable bonds is 4. The Morgan fingerprint density at radius 3 is 2.53 bits per heavy atom. The lowest BCUT2D eigenvalue weighted by molar-refractivity contribution is -0.119. The van der Waals surface area contributed by atoms with Gasteiger partial charge in [-0.25, -0.2) is 17.2 Å². The lowest BCUT2D eigenvalue weighted by Gasteiger charge is -2.11. The highest BCUT2D eigenvalue weighted by atomic mass is 32.2. The summed E-state index contributed by atoms with van der Waals surface area (Å²) >= 11 is 0. The van der Waals surface area contributed by atoms with Crippen molar-refractivity contribution in [1.29, 1.82) is 0 Å². The molecule has 5 nitrogen and oxygen atoms in total. The van der Waals surface area contributed by atoms with Crippen molar-refractivity contribution < 1.29 is 22.0 Å². The van der Waals surface area contributed by atoms with E-state index in [4.69, 9.17) is 5.73 Å². The first kappa shape index (κ1) is 13.5. The van der Waals surface area contributed by atoms with Crippen molar-refractivity contribution in [1.82, 2.24) is 4.72 Å². The van der Waals surface area contributed by atoms with E-state index in [1.54, 1.807) is 0 Å². The summed E-state index contributed by atoms with van der Waals surface area (Å²) in [7, 11) is -4.32. The summed E-state index contributed by atoms with van der Waals surface area (Å²) in [6.07, 6.45) is 0. The summed E-state index contributed by atoms with van der Waals surface area (Å²) in [6, 6.07) is 1.49. The van der Waals surface area contributed by atoms with Crippen LogP contribution in [0.15, 0.2) is 23.1 Å². The van der Waals surface area contributed by atoms with Crippen LogP contribution >= 0.6 is 0 Å². The zero-order valence-electron chi connectivity index (χ0n) is 8.78. The Bertz CT molecular complexity index is 545. The molecule has 0 aliphatic rings. The molecule has 0 aromatic heterocycles. The van der Waals surface area contributed by atoms with Gasteiger partial charge >= 0.3 is 0 Å². The Balaban J connectivity index is 3.14. The molecular formula is C9H10F2N2O3S. The fourth-order valence-corrected chi connectivity index (χ4v) is 2.35. The fourth-order valence-electron chi connectivity index (χ4n) is 1.05. The third-order valence-corrected chi connectivity index (χ3v) is 3.52. The van der Waals surface area contributed by atoms with E-state index >= 15 is 0 Å². The molecule has 1 aromatic rings. The number of nitrogens with two attached hydrogens (primary N) is 1. The number of halogens is 2. The van der Waals surface area contributed by atoms with Crippen LogP contribution in [0.3, 0.4) is 0 Å². The molecule has 1 amide bonds. The lowest BCUT2D eigenvalue weighted by Crippen LogP contribution is -2.42. The Kier molecular flexibility index (Phi) is 3.79. The topological polar surface area (TPSA) is 89.3 Å². The highest BCUT2D eigenvalue weighted by molar-refractivity contribution is 7.89. The van der Waals surface area contributed by atoms with Gasteiger partial charge in [0.25, 0.3) is 0 Å². The molecular weight excluding hydrogens is 254 g/mol. The molecule has 0 bridgehead atoms. The van der Waals surface area contributed by atoms with E-state index in [1.165, 1.54) is 6.92 Å². The van der Waals surface area contributed by atoms with Gasteiger partial charge in [-0.2, -0.15) is 4.72 Å². The van der Waals surface area contributed by atoms with E-state index in [1.807, 2.05) is 4.72 Å². The van der Waals surface area contributed by atoms with E-state index in [2.05, 4.69) is 0 Å². The maximum absolute atomic E-state index is 13.2. The molecule has 0 aliphatic heterocycles. The molecule has 1 atom stereocenters. The van der Waals surface area contributed by atoms with Crippen LogP contribution in [0.25, 0.3) is 0 Å². The number of carbonyl (C=O) groups is 1. The molecule has 1 rings (SSSR count). The number of carbonyl (C=O) groups excluding carboxylic acids is 1. The van der Waals surface area contributed by atoms with Crippen molar-refractivity contribution in [3.05, 3.63) is 29.8 Å². The van der Waals surface area contributed by atoms with E-state index < -0.39 is 38.5 Å². The van der Waals surface area contributed by atoms with Crippen LogP contribution in [-0.2, 0) is 14.8 Å². The Labute approximate surface area is 96.7 Å². The standard InChI is InChI=1S/C9H10F2N2O3S/c1-5(9(12)14)13-17(15,16)7-4-2-3-6(10)8(7)11/h2-5,13H,1H3,(H2,12,14)/t5-/m0/s1. The van der Waals surface area contributed by atoms with Crippen LogP contribution in [0.4, 0.5) is 8.78 Å². The van der Waals surface area contributed by atoms with E-state index in [0.29, 0.717) is 0 Å². The third kappa shape index (κ3) is 2.98. The van der Waals surface area contributed by atoms with Crippen LogP contribution in [0.5, 0.6) is 0 Å². The van der Waals surface area contributed by atoms with Crippen molar-refractivity contribution in [2.45, 2.75) is 17.9 Å². The highest BCUT2D eigenvalue weighted by Crippen LogP contribution is 2.16. The summed E-state index contributed by atoms with van der Waals surface area (Å²) in [6.45, 7) is 1.19. The average Bonchev–Trinajstić information content (AvgIpc) is 2.21. The smallest absolute Gasteiger partial charge is 0.244 e. The SMILES string of the molecule is C[C@H](NS(=O)(=O)c1cccc(F)c1F)C(N)=O. The number of primary amides is 1. The predicted molar refractivity (Wildman–Crippen MR) is 55.3 cm³/mol. The molecule has 0 unspecified atom stereocenters. The van der Waals surface area contributed by atoms with Gasteiger partial charge in [0, 0.05) is 0 Å². The molecule has 0 radical (unpaired) electrons. The van der Waals surface area contributed by atoms with Gasteiger partial charge in [0.05, 0.1) is 6.04 Å². The maximum Gasteiger partial charge on any atom is 0.244 e. The Morgan fingerprint density at radius 1 is 1.41 bits per heavy atom. The van der Waals surface area contributed by atoms with Gasteiger partial charge in [0.1, 0.15) is 4.90 Å². The minimum absolute atomic E-state index is 0.784. The van der Waals surface area contributed by atoms with Crippen molar-refractivity contribution in [3.8, 4) is 0 Å². The van der Waals surface area contributed by atoms with Crippen molar-refractivity contribution in [2.24, 2.45) is 5.73 Å². The van der Waals surface area contributed by atoms with Crippen LogP contribution in [0.2, 0.25) is 0 Å². The minimum Gasteiger partial charge on any atom is -0.368 e. The first-order valence-electron chi connectivity index (χ1n) is 4.51. The first-order chi connectivity index (χ1) is 7.75. The van der Waals surface area contributed by atoms with Crippen molar-refractivity contribution >= 4 is 15.9 Å². The normalized spacial score (nSPS) is 13.4. The van der Waals surface area contributed by atoms with E-state index in [9.17, 15) is 22.0 Å². The first-order valence-corrected chi connectivity index (χ1v) is 5.99. The van der Waals surface area contributed by atoms with Gasteiger partial charge in [-0.1, -0.05) is 6.07 Å². The molecule has 0 aliphatic carbocycles. The Hall–Kier alpha value is -1.54. The van der Waals surface area contributed by atoms with Crippen LogP contribution in [0.1, 0.15) is 6.92 Å². The second-order valence-corrected chi connectivity index (χ2v) is 4.98. The number of benzene rings is 1. The molecule has 0 spiro atoms. The van der Waals surface area contributed by atoms with Crippen molar-refractivity contribution in [3.63, 3.8) is 0 Å².